The molecule has 0 spiro atoms. The van der Waals surface area contributed by atoms with Crippen LogP contribution >= 0.6 is 0 Å². The molecule has 100 valence electrons. The number of esters is 1. The Bertz CT molecular complexity index is 232. The van der Waals surface area contributed by atoms with Crippen LogP contribution in [-0.2, 0) is 9.53 Å². The van der Waals surface area contributed by atoms with Crippen molar-refractivity contribution in [3.63, 3.8) is 0 Å². The van der Waals surface area contributed by atoms with Crippen LogP contribution in [0.4, 0.5) is 0 Å². The second kappa shape index (κ2) is 7.00. The van der Waals surface area contributed by atoms with Crippen molar-refractivity contribution in [3.8, 4) is 0 Å². The lowest BCUT2D eigenvalue weighted by atomic mass is 9.78. The summed E-state index contributed by atoms with van der Waals surface area (Å²) in [4.78, 5) is 10.9. The van der Waals surface area contributed by atoms with Crippen LogP contribution in [0.25, 0.3) is 0 Å². The minimum absolute atomic E-state index is 0.109. The zero-order chi connectivity index (χ0) is 12.7. The first kappa shape index (κ1) is 14.5. The van der Waals surface area contributed by atoms with E-state index in [2.05, 4.69) is 23.9 Å². The number of nitrogens with one attached hydrogen (secondary N) is 1. The van der Waals surface area contributed by atoms with Crippen molar-refractivity contribution in [3.05, 3.63) is 0 Å². The molecule has 3 nitrogen and oxygen atoms in total. The maximum Gasteiger partial charge on any atom is 0.305 e. The smallest absolute Gasteiger partial charge is 0.305 e. The molecular formula is C14H27NO2. The Hall–Kier alpha value is -0.570. The van der Waals surface area contributed by atoms with Crippen LogP contribution in [0, 0.1) is 11.3 Å². The van der Waals surface area contributed by atoms with E-state index < -0.39 is 0 Å². The molecule has 0 aliphatic heterocycles. The van der Waals surface area contributed by atoms with E-state index in [1.54, 1.807) is 0 Å². The summed E-state index contributed by atoms with van der Waals surface area (Å²) >= 11 is 0. The molecule has 1 N–H and O–H groups in total. The zero-order valence-corrected chi connectivity index (χ0v) is 11.6. The first-order chi connectivity index (χ1) is 8.06. The molecule has 0 heterocycles. The van der Waals surface area contributed by atoms with Gasteiger partial charge in [0.05, 0.1) is 7.11 Å². The van der Waals surface area contributed by atoms with Gasteiger partial charge >= 0.3 is 5.97 Å². The fourth-order valence-electron chi connectivity index (χ4n) is 2.72. The lowest BCUT2D eigenvalue weighted by molar-refractivity contribution is -0.140. The normalized spacial score (nSPS) is 17.4. The number of methoxy groups -OCH3 is 1. The molecule has 0 bridgehead atoms. The fraction of sp³-hybridized carbons (Fsp3) is 0.929. The Morgan fingerprint density at radius 1 is 1.35 bits per heavy atom. The molecule has 1 rings (SSSR count). The van der Waals surface area contributed by atoms with Gasteiger partial charge < -0.3 is 10.1 Å². The topological polar surface area (TPSA) is 38.3 Å². The van der Waals surface area contributed by atoms with E-state index in [0.29, 0.717) is 11.8 Å². The summed E-state index contributed by atoms with van der Waals surface area (Å²) in [6.45, 7) is 6.68. The summed E-state index contributed by atoms with van der Waals surface area (Å²) in [5.41, 5.74) is 0.391. The summed E-state index contributed by atoms with van der Waals surface area (Å²) in [5.74, 6) is 0.762. The summed E-state index contributed by atoms with van der Waals surface area (Å²) in [6, 6.07) is 0. The highest BCUT2D eigenvalue weighted by Crippen LogP contribution is 2.38. The lowest BCUT2D eigenvalue weighted by Crippen LogP contribution is -2.35. The molecule has 17 heavy (non-hydrogen) atoms. The molecular weight excluding hydrogens is 214 g/mol. The predicted molar refractivity (Wildman–Crippen MR) is 69.9 cm³/mol. The average Bonchev–Trinajstić information content (AvgIpc) is 2.82. The Balaban J connectivity index is 2.10. The number of hydrogen-bond acceptors (Lipinski definition) is 3. The van der Waals surface area contributed by atoms with Crippen molar-refractivity contribution in [2.45, 2.75) is 52.4 Å². The second-order valence-electron chi connectivity index (χ2n) is 5.83. The largest absolute Gasteiger partial charge is 0.469 e. The average molecular weight is 241 g/mol. The highest BCUT2D eigenvalue weighted by atomic mass is 16.5. The summed E-state index contributed by atoms with van der Waals surface area (Å²) in [6.07, 6.45) is 6.96. The lowest BCUT2D eigenvalue weighted by Gasteiger charge is -2.32. The minimum atomic E-state index is -0.109. The number of carbonyl (C=O) groups is 1. The molecule has 0 radical (unpaired) electrons. The third-order valence-electron chi connectivity index (χ3n) is 4.00. The van der Waals surface area contributed by atoms with E-state index in [4.69, 9.17) is 0 Å². The van der Waals surface area contributed by atoms with Crippen LogP contribution in [0.3, 0.4) is 0 Å². The third-order valence-corrected chi connectivity index (χ3v) is 4.00. The van der Waals surface area contributed by atoms with Crippen molar-refractivity contribution >= 4 is 5.97 Å². The van der Waals surface area contributed by atoms with Crippen molar-refractivity contribution in [2.75, 3.05) is 20.2 Å². The van der Waals surface area contributed by atoms with E-state index in [1.165, 1.54) is 32.8 Å². The Morgan fingerprint density at radius 2 is 2.00 bits per heavy atom. The first-order valence-corrected chi connectivity index (χ1v) is 6.84. The molecule has 3 heteroatoms. The van der Waals surface area contributed by atoms with Gasteiger partial charge in [0.15, 0.2) is 0 Å². The molecule has 0 aromatic heterocycles. The maximum atomic E-state index is 10.9. The zero-order valence-electron chi connectivity index (χ0n) is 11.6. The summed E-state index contributed by atoms with van der Waals surface area (Å²) in [5, 5.41) is 3.47. The van der Waals surface area contributed by atoms with Gasteiger partial charge in [-0.15, -0.1) is 0 Å². The molecule has 1 saturated carbocycles. The van der Waals surface area contributed by atoms with E-state index in [9.17, 15) is 4.79 Å². The van der Waals surface area contributed by atoms with Gasteiger partial charge in [-0.1, -0.05) is 26.7 Å². The number of ether oxygens (including phenoxy) is 1. The van der Waals surface area contributed by atoms with Crippen LogP contribution in [0.15, 0.2) is 0 Å². The van der Waals surface area contributed by atoms with Gasteiger partial charge in [0, 0.05) is 13.0 Å². The van der Waals surface area contributed by atoms with Crippen LogP contribution in [-0.4, -0.2) is 26.2 Å². The van der Waals surface area contributed by atoms with Crippen LogP contribution in [0.2, 0.25) is 0 Å². The second-order valence-corrected chi connectivity index (χ2v) is 5.83. The highest BCUT2D eigenvalue weighted by Gasteiger charge is 2.31. The number of hydrogen-bond donors (Lipinski definition) is 1. The Kier molecular flexibility index (Phi) is 5.96. The van der Waals surface area contributed by atoms with Gasteiger partial charge in [-0.05, 0) is 37.1 Å². The first-order valence-electron chi connectivity index (χ1n) is 6.84. The highest BCUT2D eigenvalue weighted by molar-refractivity contribution is 5.69. The maximum absolute atomic E-state index is 10.9. The third kappa shape index (κ3) is 5.07. The number of carbonyl (C=O) groups excluding carboxylic acids is 1. The Labute approximate surface area is 105 Å². The van der Waals surface area contributed by atoms with Crippen molar-refractivity contribution < 1.29 is 9.53 Å². The van der Waals surface area contributed by atoms with Crippen molar-refractivity contribution in [1.82, 2.24) is 5.32 Å². The van der Waals surface area contributed by atoms with Gasteiger partial charge in [-0.3, -0.25) is 4.79 Å². The molecule has 0 aromatic carbocycles. The van der Waals surface area contributed by atoms with E-state index in [-0.39, 0.29) is 5.97 Å². The molecule has 0 atom stereocenters. The van der Waals surface area contributed by atoms with Crippen molar-refractivity contribution in [2.24, 2.45) is 11.3 Å². The summed E-state index contributed by atoms with van der Waals surface area (Å²) in [7, 11) is 1.44. The fourth-order valence-corrected chi connectivity index (χ4v) is 2.72. The van der Waals surface area contributed by atoms with Crippen LogP contribution < -0.4 is 5.32 Å². The molecule has 1 aliphatic rings. The van der Waals surface area contributed by atoms with Crippen molar-refractivity contribution in [1.29, 1.82) is 0 Å². The minimum Gasteiger partial charge on any atom is -0.469 e. The monoisotopic (exact) mass is 241 g/mol. The van der Waals surface area contributed by atoms with Crippen LogP contribution in [0.1, 0.15) is 52.4 Å². The molecule has 1 aliphatic carbocycles. The van der Waals surface area contributed by atoms with E-state index in [0.717, 1.165) is 25.4 Å². The van der Waals surface area contributed by atoms with Gasteiger partial charge in [-0.25, -0.2) is 0 Å². The molecule has 0 saturated heterocycles. The van der Waals surface area contributed by atoms with Gasteiger partial charge in [0.1, 0.15) is 0 Å². The van der Waals surface area contributed by atoms with E-state index in [1.807, 2.05) is 0 Å². The molecule has 1 fully saturated rings. The summed E-state index contributed by atoms with van der Waals surface area (Å²) < 4.78 is 4.61. The molecule has 0 unspecified atom stereocenters. The van der Waals surface area contributed by atoms with Gasteiger partial charge in [-0.2, -0.15) is 0 Å². The van der Waals surface area contributed by atoms with Crippen LogP contribution in [0.5, 0.6) is 0 Å². The number of rotatable bonds is 7. The van der Waals surface area contributed by atoms with E-state index >= 15 is 0 Å². The van der Waals surface area contributed by atoms with Gasteiger partial charge in [0.2, 0.25) is 0 Å². The molecule has 0 aromatic rings. The SMILES string of the molecule is COC(=O)CCCNCC(C)(C)C1CCCC1. The standard InChI is InChI=1S/C14H27NO2/c1-14(2,12-7-4-5-8-12)11-15-10-6-9-13(16)17-3/h12,15H,4-11H2,1-3H3. The quantitative estimate of drug-likeness (QED) is 0.550. The van der Waals surface area contributed by atoms with Gasteiger partial charge in [0.25, 0.3) is 0 Å². The Morgan fingerprint density at radius 3 is 2.59 bits per heavy atom. The predicted octanol–water partition coefficient (Wildman–Crippen LogP) is 2.75. The molecule has 0 amide bonds.